The third kappa shape index (κ3) is 3.49. The van der Waals surface area contributed by atoms with Gasteiger partial charge in [-0.3, -0.25) is 9.59 Å². The van der Waals surface area contributed by atoms with Crippen molar-refractivity contribution < 1.29 is 18.4 Å². The molecule has 2 aromatic carbocycles. The van der Waals surface area contributed by atoms with Crippen molar-refractivity contribution in [2.75, 3.05) is 16.8 Å². The van der Waals surface area contributed by atoms with E-state index in [-0.39, 0.29) is 11.6 Å². The van der Waals surface area contributed by atoms with Crippen LogP contribution in [0.5, 0.6) is 0 Å². The molecule has 130 valence electrons. The lowest BCUT2D eigenvalue weighted by atomic mass is 10.1. The van der Waals surface area contributed by atoms with Gasteiger partial charge in [-0.05, 0) is 49.2 Å². The molecule has 1 N–H and O–H groups in total. The van der Waals surface area contributed by atoms with Gasteiger partial charge in [0.25, 0.3) is 0 Å². The van der Waals surface area contributed by atoms with Gasteiger partial charge in [-0.1, -0.05) is 11.6 Å². The molecule has 2 amide bonds. The van der Waals surface area contributed by atoms with Gasteiger partial charge in [0.1, 0.15) is 17.6 Å². The number of carbonyl (C=O) groups is 2. The number of rotatable bonds is 3. The van der Waals surface area contributed by atoms with Gasteiger partial charge in [0.15, 0.2) is 0 Å². The van der Waals surface area contributed by atoms with Gasteiger partial charge in [-0.2, -0.15) is 0 Å². The van der Waals surface area contributed by atoms with Crippen LogP contribution in [0.3, 0.4) is 0 Å². The molecule has 0 radical (unpaired) electrons. The molecule has 0 saturated carbocycles. The monoisotopic (exact) mass is 364 g/mol. The van der Waals surface area contributed by atoms with E-state index in [9.17, 15) is 18.4 Å². The van der Waals surface area contributed by atoms with Crippen LogP contribution in [0.2, 0.25) is 5.02 Å². The van der Waals surface area contributed by atoms with Gasteiger partial charge in [-0.25, -0.2) is 8.78 Å². The molecule has 1 heterocycles. The van der Waals surface area contributed by atoms with Crippen molar-refractivity contribution in [3.63, 3.8) is 0 Å². The molecule has 7 heteroatoms. The quantitative estimate of drug-likeness (QED) is 0.839. The Kier molecular flexibility index (Phi) is 4.72. The second kappa shape index (κ2) is 6.80. The third-order valence-electron chi connectivity index (χ3n) is 4.16. The summed E-state index contributed by atoms with van der Waals surface area (Å²) in [6.45, 7) is 2.21. The van der Waals surface area contributed by atoms with Crippen LogP contribution in [0.25, 0.3) is 0 Å². The maximum Gasteiger partial charge on any atom is 0.239 e. The number of carbonyl (C=O) groups excluding carboxylic acids is 2. The second-order valence-corrected chi connectivity index (χ2v) is 6.29. The zero-order chi connectivity index (χ0) is 18.1. The van der Waals surface area contributed by atoms with Crippen LogP contribution in [0.1, 0.15) is 12.0 Å². The van der Waals surface area contributed by atoms with Crippen molar-refractivity contribution in [3.05, 3.63) is 58.6 Å². The minimum atomic E-state index is -0.916. The lowest BCUT2D eigenvalue weighted by molar-refractivity contribution is -0.129. The summed E-state index contributed by atoms with van der Waals surface area (Å²) in [6.07, 6.45) is 0.315. The number of aryl methyl sites for hydroxylation is 1. The highest BCUT2D eigenvalue weighted by Gasteiger charge is 2.37. The van der Waals surface area contributed by atoms with Crippen LogP contribution in [-0.4, -0.2) is 18.4 Å². The van der Waals surface area contributed by atoms with Crippen LogP contribution in [0, 0.1) is 24.5 Å². The fourth-order valence-corrected chi connectivity index (χ4v) is 2.90. The minimum Gasteiger partial charge on any atom is -0.323 e. The molecule has 0 spiro atoms. The van der Waals surface area contributed by atoms with Crippen LogP contribution in [0.15, 0.2) is 36.4 Å². The highest BCUT2D eigenvalue weighted by atomic mass is 35.5. The summed E-state index contributed by atoms with van der Waals surface area (Å²) in [4.78, 5) is 26.4. The summed E-state index contributed by atoms with van der Waals surface area (Å²) >= 11 is 5.99. The predicted octanol–water partition coefficient (Wildman–Crippen LogP) is 3.92. The molecule has 4 nitrogen and oxygen atoms in total. The summed E-state index contributed by atoms with van der Waals surface area (Å²) in [5.74, 6) is -3.51. The molecule has 1 aliphatic rings. The Balaban J connectivity index is 1.74. The van der Waals surface area contributed by atoms with Crippen molar-refractivity contribution >= 4 is 34.8 Å². The number of nitrogens with one attached hydrogen (secondary N) is 1. The van der Waals surface area contributed by atoms with E-state index < -0.39 is 23.5 Å². The first-order chi connectivity index (χ1) is 11.9. The Morgan fingerprint density at radius 1 is 1.24 bits per heavy atom. The van der Waals surface area contributed by atoms with Crippen molar-refractivity contribution in [3.8, 4) is 0 Å². The van der Waals surface area contributed by atoms with Crippen molar-refractivity contribution in [1.82, 2.24) is 0 Å². The van der Waals surface area contributed by atoms with E-state index in [0.717, 1.165) is 17.7 Å². The number of halogens is 3. The Morgan fingerprint density at radius 2 is 2.00 bits per heavy atom. The summed E-state index contributed by atoms with van der Waals surface area (Å²) < 4.78 is 26.6. The van der Waals surface area contributed by atoms with Crippen LogP contribution in [0.4, 0.5) is 20.2 Å². The molecule has 1 atom stereocenters. The van der Waals surface area contributed by atoms with Crippen molar-refractivity contribution in [2.45, 2.75) is 13.3 Å². The van der Waals surface area contributed by atoms with E-state index in [2.05, 4.69) is 5.32 Å². The largest absolute Gasteiger partial charge is 0.323 e. The highest BCUT2D eigenvalue weighted by molar-refractivity contribution is 6.31. The van der Waals surface area contributed by atoms with E-state index in [4.69, 9.17) is 11.6 Å². The molecule has 1 aliphatic heterocycles. The van der Waals surface area contributed by atoms with E-state index in [0.29, 0.717) is 29.7 Å². The third-order valence-corrected chi connectivity index (χ3v) is 4.59. The fourth-order valence-electron chi connectivity index (χ4n) is 2.79. The van der Waals surface area contributed by atoms with E-state index in [1.54, 1.807) is 18.2 Å². The van der Waals surface area contributed by atoms with Gasteiger partial charge in [0.05, 0.1) is 5.69 Å². The second-order valence-electron chi connectivity index (χ2n) is 5.88. The summed E-state index contributed by atoms with van der Waals surface area (Å²) in [5, 5.41) is 2.95. The van der Waals surface area contributed by atoms with Gasteiger partial charge >= 0.3 is 0 Å². The highest BCUT2D eigenvalue weighted by Crippen LogP contribution is 2.29. The fraction of sp³-hybridized carbons (Fsp3) is 0.222. The first kappa shape index (κ1) is 17.4. The zero-order valence-electron chi connectivity index (χ0n) is 13.4. The Bertz CT molecular complexity index is 857. The SMILES string of the molecule is Cc1cc(N2CC[C@@H](C(=O)Nc3ccc(F)cc3F)C2=O)ccc1Cl. The molecule has 0 aromatic heterocycles. The number of hydrogen-bond donors (Lipinski definition) is 1. The minimum absolute atomic E-state index is 0.153. The van der Waals surface area contributed by atoms with E-state index in [1.165, 1.54) is 4.90 Å². The van der Waals surface area contributed by atoms with Gasteiger partial charge in [-0.15, -0.1) is 0 Å². The number of amides is 2. The average Bonchev–Trinajstić information content (AvgIpc) is 2.94. The van der Waals surface area contributed by atoms with Gasteiger partial charge in [0, 0.05) is 23.3 Å². The number of hydrogen-bond acceptors (Lipinski definition) is 2. The average molecular weight is 365 g/mol. The Morgan fingerprint density at radius 3 is 2.68 bits per heavy atom. The van der Waals surface area contributed by atoms with Gasteiger partial charge in [0.2, 0.25) is 11.8 Å². The van der Waals surface area contributed by atoms with Gasteiger partial charge < -0.3 is 10.2 Å². The van der Waals surface area contributed by atoms with Crippen molar-refractivity contribution in [1.29, 1.82) is 0 Å². The van der Waals surface area contributed by atoms with E-state index in [1.807, 2.05) is 6.92 Å². The molecule has 2 aromatic rings. The maximum absolute atomic E-state index is 13.7. The van der Waals surface area contributed by atoms with Crippen LogP contribution in [-0.2, 0) is 9.59 Å². The molecule has 25 heavy (non-hydrogen) atoms. The number of benzene rings is 2. The number of anilines is 2. The maximum atomic E-state index is 13.7. The molecule has 0 aliphatic carbocycles. The molecule has 0 bridgehead atoms. The van der Waals surface area contributed by atoms with Crippen LogP contribution < -0.4 is 10.2 Å². The topological polar surface area (TPSA) is 49.4 Å². The molecule has 3 rings (SSSR count). The van der Waals surface area contributed by atoms with Crippen LogP contribution >= 0.6 is 11.6 Å². The smallest absolute Gasteiger partial charge is 0.239 e. The van der Waals surface area contributed by atoms with E-state index >= 15 is 0 Å². The molecule has 1 saturated heterocycles. The predicted molar refractivity (Wildman–Crippen MR) is 91.6 cm³/mol. The zero-order valence-corrected chi connectivity index (χ0v) is 14.1. The lowest BCUT2D eigenvalue weighted by Gasteiger charge is -2.18. The summed E-state index contributed by atoms with van der Waals surface area (Å²) in [5.41, 5.74) is 1.34. The summed E-state index contributed by atoms with van der Waals surface area (Å²) in [7, 11) is 0. The first-order valence-corrected chi connectivity index (χ1v) is 8.08. The first-order valence-electron chi connectivity index (χ1n) is 7.70. The number of nitrogens with zero attached hydrogens (tertiary/aromatic N) is 1. The molecule has 0 unspecified atom stereocenters. The van der Waals surface area contributed by atoms with Crippen molar-refractivity contribution in [2.24, 2.45) is 5.92 Å². The standard InChI is InChI=1S/C18H15ClF2N2O2/c1-10-8-12(3-4-14(10)19)23-7-6-13(18(23)25)17(24)22-16-5-2-11(20)9-15(16)21/h2-5,8-9,13H,6-7H2,1H3,(H,22,24)/t13-/m0/s1. The Labute approximate surface area is 148 Å². The molecule has 1 fully saturated rings. The molecular formula is C18H15ClF2N2O2. The molecular weight excluding hydrogens is 350 g/mol. The Hall–Kier alpha value is -2.47. The lowest BCUT2D eigenvalue weighted by Crippen LogP contribution is -2.33. The normalized spacial score (nSPS) is 17.0. The summed E-state index contributed by atoms with van der Waals surface area (Å²) in [6, 6.07) is 8.03.